The van der Waals surface area contributed by atoms with E-state index in [1.165, 1.54) is 25.9 Å². The first kappa shape index (κ1) is 21.8. The molecule has 5 rings (SSSR count). The number of rotatable bonds is 4. The van der Waals surface area contributed by atoms with Crippen LogP contribution in [0.15, 0.2) is 48.8 Å². The number of amides is 2. The van der Waals surface area contributed by atoms with Crippen LogP contribution >= 0.6 is 0 Å². The van der Waals surface area contributed by atoms with Gasteiger partial charge in [-0.25, -0.2) is 9.78 Å². The SMILES string of the molecule is C1CCNC1.Nc1ccc(OCc2ccnc(NC(=O)N3CCCC3)c2)c2ncccc12. The molecular weight excluding hydrogens is 404 g/mol. The minimum Gasteiger partial charge on any atom is -0.487 e. The van der Waals surface area contributed by atoms with E-state index < -0.39 is 0 Å². The van der Waals surface area contributed by atoms with E-state index in [9.17, 15) is 4.79 Å². The molecule has 2 saturated heterocycles. The lowest BCUT2D eigenvalue weighted by atomic mass is 10.1. The molecule has 4 N–H and O–H groups in total. The lowest BCUT2D eigenvalue weighted by molar-refractivity contribution is 0.222. The maximum absolute atomic E-state index is 12.2. The summed E-state index contributed by atoms with van der Waals surface area (Å²) in [6, 6.07) is 11.0. The molecule has 1 aromatic carbocycles. The number of nitrogen functional groups attached to an aromatic ring is 1. The number of nitrogens with one attached hydrogen (secondary N) is 2. The van der Waals surface area contributed by atoms with E-state index in [-0.39, 0.29) is 6.03 Å². The molecule has 32 heavy (non-hydrogen) atoms. The predicted molar refractivity (Wildman–Crippen MR) is 127 cm³/mol. The average molecular weight is 435 g/mol. The number of likely N-dealkylation sites (tertiary alicyclic amines) is 1. The van der Waals surface area contributed by atoms with Crippen LogP contribution in [0, 0.1) is 0 Å². The van der Waals surface area contributed by atoms with Gasteiger partial charge >= 0.3 is 6.03 Å². The van der Waals surface area contributed by atoms with Gasteiger partial charge in [0.1, 0.15) is 23.7 Å². The third-order valence-corrected chi connectivity index (χ3v) is 5.57. The molecule has 2 aromatic heterocycles. The van der Waals surface area contributed by atoms with Gasteiger partial charge in [0.25, 0.3) is 0 Å². The van der Waals surface area contributed by atoms with Crippen molar-refractivity contribution in [2.75, 3.05) is 37.2 Å². The summed E-state index contributed by atoms with van der Waals surface area (Å²) in [7, 11) is 0. The quantitative estimate of drug-likeness (QED) is 0.540. The maximum atomic E-state index is 12.2. The number of fused-ring (bicyclic) bond motifs is 1. The van der Waals surface area contributed by atoms with Gasteiger partial charge in [-0.1, -0.05) is 0 Å². The molecule has 3 aromatic rings. The summed E-state index contributed by atoms with van der Waals surface area (Å²) in [5.41, 5.74) is 8.31. The summed E-state index contributed by atoms with van der Waals surface area (Å²) in [5.74, 6) is 1.19. The Morgan fingerprint density at radius 3 is 2.62 bits per heavy atom. The number of urea groups is 1. The fraction of sp³-hybridized carbons (Fsp3) is 0.375. The van der Waals surface area contributed by atoms with Gasteiger partial charge in [0, 0.05) is 36.6 Å². The Kier molecular flexibility index (Phi) is 7.34. The Balaban J connectivity index is 0.000000433. The van der Waals surface area contributed by atoms with Crippen LogP contribution < -0.4 is 21.1 Å². The van der Waals surface area contributed by atoms with Gasteiger partial charge in [-0.15, -0.1) is 0 Å². The van der Waals surface area contributed by atoms with Crippen LogP contribution in [0.4, 0.5) is 16.3 Å². The van der Waals surface area contributed by atoms with Crippen LogP contribution in [0.3, 0.4) is 0 Å². The molecule has 2 aliphatic heterocycles. The second kappa shape index (κ2) is 10.8. The van der Waals surface area contributed by atoms with Crippen molar-refractivity contribution >= 4 is 28.4 Å². The molecule has 0 spiro atoms. The van der Waals surface area contributed by atoms with Gasteiger partial charge in [0.2, 0.25) is 0 Å². The molecule has 0 saturated carbocycles. The summed E-state index contributed by atoms with van der Waals surface area (Å²) < 4.78 is 5.95. The van der Waals surface area contributed by atoms with Crippen LogP contribution in [-0.4, -0.2) is 47.1 Å². The summed E-state index contributed by atoms with van der Waals surface area (Å²) in [4.78, 5) is 22.6. The number of ether oxygens (including phenoxy) is 1. The highest BCUT2D eigenvalue weighted by molar-refractivity contribution is 5.94. The number of hydrogen-bond donors (Lipinski definition) is 3. The van der Waals surface area contributed by atoms with Gasteiger partial charge < -0.3 is 20.7 Å². The fourth-order valence-electron chi connectivity index (χ4n) is 3.81. The summed E-state index contributed by atoms with van der Waals surface area (Å²) in [6.45, 7) is 4.43. The number of carbonyl (C=O) groups is 1. The Bertz CT molecular complexity index is 1040. The van der Waals surface area contributed by atoms with E-state index in [0.29, 0.717) is 23.9 Å². The molecule has 0 atom stereocenters. The second-order valence-corrected chi connectivity index (χ2v) is 7.97. The predicted octanol–water partition coefficient (Wildman–Crippen LogP) is 3.79. The number of nitrogens with zero attached hydrogens (tertiary/aromatic N) is 3. The molecule has 8 heteroatoms. The summed E-state index contributed by atoms with van der Waals surface area (Å²) in [5, 5.41) is 6.94. The van der Waals surface area contributed by atoms with Crippen molar-refractivity contribution < 1.29 is 9.53 Å². The van der Waals surface area contributed by atoms with Gasteiger partial charge in [-0.3, -0.25) is 10.3 Å². The Morgan fingerprint density at radius 2 is 1.88 bits per heavy atom. The molecule has 0 aliphatic carbocycles. The van der Waals surface area contributed by atoms with Crippen LogP contribution in [0.2, 0.25) is 0 Å². The number of benzene rings is 1. The number of anilines is 2. The second-order valence-electron chi connectivity index (χ2n) is 7.97. The van der Waals surface area contributed by atoms with Crippen molar-refractivity contribution in [3.63, 3.8) is 0 Å². The Hall–Kier alpha value is -3.39. The number of pyridine rings is 2. The third kappa shape index (κ3) is 5.64. The molecule has 0 radical (unpaired) electrons. The first-order valence-corrected chi connectivity index (χ1v) is 11.2. The fourth-order valence-corrected chi connectivity index (χ4v) is 3.81. The van der Waals surface area contributed by atoms with Gasteiger partial charge in [-0.05, 0) is 80.7 Å². The zero-order chi connectivity index (χ0) is 22.2. The lowest BCUT2D eigenvalue weighted by Crippen LogP contribution is -2.32. The standard InChI is InChI=1S/C20H21N5O2.C4H9N/c21-16-5-6-17(19-15(16)4-3-8-23-19)27-13-14-7-9-22-18(12-14)24-20(26)25-10-1-2-11-25;1-2-4-5-3-1/h3-9,12H,1-2,10-11,13,21H2,(H,22,24,26);5H,1-4H2. The normalized spacial score (nSPS) is 15.3. The van der Waals surface area contributed by atoms with Crippen LogP contribution in [0.5, 0.6) is 5.75 Å². The van der Waals surface area contributed by atoms with E-state index in [4.69, 9.17) is 10.5 Å². The molecule has 8 nitrogen and oxygen atoms in total. The minimum absolute atomic E-state index is 0.105. The van der Waals surface area contributed by atoms with E-state index in [1.807, 2.05) is 36.4 Å². The average Bonchev–Trinajstić information content (AvgIpc) is 3.56. The zero-order valence-electron chi connectivity index (χ0n) is 18.2. The molecule has 168 valence electrons. The molecule has 0 unspecified atom stereocenters. The van der Waals surface area contributed by atoms with Crippen molar-refractivity contribution in [3.8, 4) is 5.75 Å². The van der Waals surface area contributed by atoms with Crippen LogP contribution in [-0.2, 0) is 6.61 Å². The summed E-state index contributed by atoms with van der Waals surface area (Å²) in [6.07, 6.45) is 8.27. The largest absolute Gasteiger partial charge is 0.487 e. The summed E-state index contributed by atoms with van der Waals surface area (Å²) >= 11 is 0. The smallest absolute Gasteiger partial charge is 0.323 e. The van der Waals surface area contributed by atoms with E-state index in [0.717, 1.165) is 42.4 Å². The number of hydrogen-bond acceptors (Lipinski definition) is 6. The lowest BCUT2D eigenvalue weighted by Gasteiger charge is -2.16. The van der Waals surface area contributed by atoms with Crippen LogP contribution in [0.1, 0.15) is 31.2 Å². The molecule has 4 heterocycles. The topological polar surface area (TPSA) is 105 Å². The molecule has 2 fully saturated rings. The van der Waals surface area contributed by atoms with E-state index >= 15 is 0 Å². The van der Waals surface area contributed by atoms with Crippen molar-refractivity contribution in [1.29, 1.82) is 0 Å². The number of aromatic nitrogens is 2. The molecule has 0 bridgehead atoms. The molecular formula is C24H30N6O2. The van der Waals surface area contributed by atoms with Crippen molar-refractivity contribution in [2.45, 2.75) is 32.3 Å². The highest BCUT2D eigenvalue weighted by atomic mass is 16.5. The van der Waals surface area contributed by atoms with Crippen molar-refractivity contribution in [1.82, 2.24) is 20.2 Å². The third-order valence-electron chi connectivity index (χ3n) is 5.57. The first-order valence-electron chi connectivity index (χ1n) is 11.2. The maximum Gasteiger partial charge on any atom is 0.323 e. The van der Waals surface area contributed by atoms with Gasteiger partial charge in [-0.2, -0.15) is 0 Å². The number of carbonyl (C=O) groups excluding carboxylic acids is 1. The Morgan fingerprint density at radius 1 is 1.06 bits per heavy atom. The van der Waals surface area contributed by atoms with Gasteiger partial charge in [0.05, 0.1) is 0 Å². The van der Waals surface area contributed by atoms with Crippen molar-refractivity contribution in [2.24, 2.45) is 0 Å². The molecule has 2 aliphatic rings. The van der Waals surface area contributed by atoms with Crippen molar-refractivity contribution in [3.05, 3.63) is 54.4 Å². The Labute approximate surface area is 188 Å². The highest BCUT2D eigenvalue weighted by Crippen LogP contribution is 2.28. The minimum atomic E-state index is -0.105. The van der Waals surface area contributed by atoms with E-state index in [1.54, 1.807) is 17.3 Å². The van der Waals surface area contributed by atoms with E-state index in [2.05, 4.69) is 20.6 Å². The van der Waals surface area contributed by atoms with Gasteiger partial charge in [0.15, 0.2) is 0 Å². The van der Waals surface area contributed by atoms with Crippen LogP contribution in [0.25, 0.3) is 10.9 Å². The molecule has 2 amide bonds. The number of nitrogens with two attached hydrogens (primary N) is 1. The monoisotopic (exact) mass is 434 g/mol. The zero-order valence-corrected chi connectivity index (χ0v) is 18.2. The highest BCUT2D eigenvalue weighted by Gasteiger charge is 2.18. The first-order chi connectivity index (χ1) is 15.7.